The molecule has 0 aliphatic carbocycles. The molecule has 1 heterocycles. The summed E-state index contributed by atoms with van der Waals surface area (Å²) in [6, 6.07) is 0. The van der Waals surface area contributed by atoms with Crippen LogP contribution in [0.15, 0.2) is 12.5 Å². The summed E-state index contributed by atoms with van der Waals surface area (Å²) in [6.07, 6.45) is 2.67. The van der Waals surface area contributed by atoms with Crippen molar-refractivity contribution in [1.29, 1.82) is 0 Å². The predicted octanol–water partition coefficient (Wildman–Crippen LogP) is 1.06. The van der Waals surface area contributed by atoms with Crippen LogP contribution in [0.25, 0.3) is 0 Å². The average molecular weight is 209 g/mol. The molecule has 0 amide bonds. The van der Waals surface area contributed by atoms with Crippen molar-refractivity contribution >= 4 is 5.97 Å². The molecule has 0 atom stereocenters. The third kappa shape index (κ3) is 3.63. The fraction of sp³-hybridized carbons (Fsp3) is 0.500. The quantitative estimate of drug-likeness (QED) is 0.778. The summed E-state index contributed by atoms with van der Waals surface area (Å²) in [5, 5.41) is 12.1. The van der Waals surface area contributed by atoms with Gasteiger partial charge < -0.3 is 10.4 Å². The molecule has 1 aromatic rings. The number of nitrogens with zero attached hydrogens (tertiary/aromatic N) is 2. The van der Waals surface area contributed by atoms with Gasteiger partial charge in [0.05, 0.1) is 5.69 Å². The Kier molecular flexibility index (Phi) is 3.36. The Labute approximate surface area is 88.6 Å². The fourth-order valence-electron chi connectivity index (χ4n) is 1.02. The van der Waals surface area contributed by atoms with Crippen molar-refractivity contribution in [3.05, 3.63) is 23.8 Å². The number of hydrogen-bond donors (Lipinski definition) is 2. The van der Waals surface area contributed by atoms with Gasteiger partial charge in [0.1, 0.15) is 11.9 Å². The van der Waals surface area contributed by atoms with Crippen LogP contribution in [0.5, 0.6) is 0 Å². The molecule has 0 aromatic carbocycles. The molecule has 0 fully saturated rings. The van der Waals surface area contributed by atoms with Crippen molar-refractivity contribution in [3.63, 3.8) is 0 Å². The highest BCUT2D eigenvalue weighted by Crippen LogP contribution is 2.06. The maximum Gasteiger partial charge on any atom is 0.339 e. The van der Waals surface area contributed by atoms with E-state index in [0.29, 0.717) is 12.2 Å². The van der Waals surface area contributed by atoms with Crippen molar-refractivity contribution < 1.29 is 9.90 Å². The summed E-state index contributed by atoms with van der Waals surface area (Å²) in [5.74, 6) is -0.999. The van der Waals surface area contributed by atoms with Gasteiger partial charge in [0.25, 0.3) is 0 Å². The molecule has 1 rings (SSSR count). The zero-order chi connectivity index (χ0) is 11.5. The van der Waals surface area contributed by atoms with Gasteiger partial charge in [-0.1, -0.05) is 0 Å². The largest absolute Gasteiger partial charge is 0.478 e. The minimum atomic E-state index is -0.999. The average Bonchev–Trinajstić information content (AvgIpc) is 2.14. The maximum absolute atomic E-state index is 10.8. The zero-order valence-electron chi connectivity index (χ0n) is 9.11. The normalized spacial score (nSPS) is 11.4. The van der Waals surface area contributed by atoms with Crippen molar-refractivity contribution in [2.24, 2.45) is 0 Å². The Bertz CT molecular complexity index is 358. The third-order valence-electron chi connectivity index (χ3n) is 1.81. The molecule has 5 nitrogen and oxygen atoms in total. The predicted molar refractivity (Wildman–Crippen MR) is 55.6 cm³/mol. The second-order valence-corrected chi connectivity index (χ2v) is 4.29. The molecule has 2 N–H and O–H groups in total. The molecule has 0 saturated carbocycles. The first-order valence-corrected chi connectivity index (χ1v) is 4.67. The SMILES string of the molecule is CC(C)(C)NCc1ncncc1C(=O)O. The number of carbonyl (C=O) groups is 1. The van der Waals surface area contributed by atoms with E-state index in [1.54, 1.807) is 0 Å². The van der Waals surface area contributed by atoms with Crippen LogP contribution in [-0.4, -0.2) is 26.6 Å². The maximum atomic E-state index is 10.8. The molecule has 0 bridgehead atoms. The summed E-state index contributed by atoms with van der Waals surface area (Å²) in [4.78, 5) is 18.5. The monoisotopic (exact) mass is 209 g/mol. The minimum Gasteiger partial charge on any atom is -0.478 e. The number of aromatic nitrogens is 2. The van der Waals surface area contributed by atoms with E-state index in [9.17, 15) is 4.79 Å². The third-order valence-corrected chi connectivity index (χ3v) is 1.81. The van der Waals surface area contributed by atoms with E-state index in [-0.39, 0.29) is 11.1 Å². The molecule has 0 aliphatic heterocycles. The van der Waals surface area contributed by atoms with Gasteiger partial charge in [0, 0.05) is 18.3 Å². The first-order valence-electron chi connectivity index (χ1n) is 4.67. The molecule has 0 radical (unpaired) electrons. The van der Waals surface area contributed by atoms with Crippen molar-refractivity contribution in [2.45, 2.75) is 32.9 Å². The van der Waals surface area contributed by atoms with E-state index in [4.69, 9.17) is 5.11 Å². The topological polar surface area (TPSA) is 75.1 Å². The number of rotatable bonds is 3. The highest BCUT2D eigenvalue weighted by atomic mass is 16.4. The van der Waals surface area contributed by atoms with Gasteiger partial charge in [-0.15, -0.1) is 0 Å². The van der Waals surface area contributed by atoms with E-state index < -0.39 is 5.97 Å². The summed E-state index contributed by atoms with van der Waals surface area (Å²) in [6.45, 7) is 6.45. The Morgan fingerprint density at radius 3 is 2.73 bits per heavy atom. The summed E-state index contributed by atoms with van der Waals surface area (Å²) < 4.78 is 0. The van der Waals surface area contributed by atoms with E-state index >= 15 is 0 Å². The highest BCUT2D eigenvalue weighted by Gasteiger charge is 2.14. The smallest absolute Gasteiger partial charge is 0.339 e. The van der Waals surface area contributed by atoms with Gasteiger partial charge in [-0.3, -0.25) is 0 Å². The molecule has 0 saturated heterocycles. The molecule has 1 aromatic heterocycles. The van der Waals surface area contributed by atoms with Gasteiger partial charge >= 0.3 is 5.97 Å². The Hall–Kier alpha value is -1.49. The first-order chi connectivity index (χ1) is 6.90. The lowest BCUT2D eigenvalue weighted by Crippen LogP contribution is -2.35. The van der Waals surface area contributed by atoms with Crippen LogP contribution < -0.4 is 5.32 Å². The van der Waals surface area contributed by atoms with E-state index in [1.807, 2.05) is 20.8 Å². The van der Waals surface area contributed by atoms with Gasteiger partial charge in [0.2, 0.25) is 0 Å². The van der Waals surface area contributed by atoms with Crippen LogP contribution in [0.4, 0.5) is 0 Å². The molecule has 5 heteroatoms. The Morgan fingerprint density at radius 2 is 2.20 bits per heavy atom. The number of carboxylic acid groups (broad SMARTS) is 1. The number of nitrogens with one attached hydrogen (secondary N) is 1. The number of carboxylic acids is 1. The van der Waals surface area contributed by atoms with Crippen molar-refractivity contribution in [1.82, 2.24) is 15.3 Å². The van der Waals surface area contributed by atoms with Crippen LogP contribution in [0, 0.1) is 0 Å². The second-order valence-electron chi connectivity index (χ2n) is 4.29. The van der Waals surface area contributed by atoms with Crippen LogP contribution in [0.1, 0.15) is 36.8 Å². The molecule has 0 aliphatic rings. The van der Waals surface area contributed by atoms with Crippen molar-refractivity contribution in [3.8, 4) is 0 Å². The molecular weight excluding hydrogens is 194 g/mol. The molecule has 82 valence electrons. The van der Waals surface area contributed by atoms with E-state index in [0.717, 1.165) is 0 Å². The lowest BCUT2D eigenvalue weighted by molar-refractivity contribution is 0.0694. The van der Waals surface area contributed by atoms with Gasteiger partial charge in [-0.25, -0.2) is 14.8 Å². The zero-order valence-corrected chi connectivity index (χ0v) is 9.11. The van der Waals surface area contributed by atoms with Gasteiger partial charge in [0.15, 0.2) is 0 Å². The summed E-state index contributed by atoms with van der Waals surface area (Å²) >= 11 is 0. The van der Waals surface area contributed by atoms with Crippen molar-refractivity contribution in [2.75, 3.05) is 0 Å². The van der Waals surface area contributed by atoms with Gasteiger partial charge in [-0.2, -0.15) is 0 Å². The second kappa shape index (κ2) is 4.35. The number of hydrogen-bond acceptors (Lipinski definition) is 4. The minimum absolute atomic E-state index is 0.0687. The lowest BCUT2D eigenvalue weighted by atomic mass is 10.1. The van der Waals surface area contributed by atoms with Crippen LogP contribution in [0.2, 0.25) is 0 Å². The van der Waals surface area contributed by atoms with Gasteiger partial charge in [-0.05, 0) is 20.8 Å². The fourth-order valence-corrected chi connectivity index (χ4v) is 1.02. The van der Waals surface area contributed by atoms with Crippen LogP contribution in [0.3, 0.4) is 0 Å². The molecular formula is C10H15N3O2. The van der Waals surface area contributed by atoms with E-state index in [2.05, 4.69) is 15.3 Å². The molecule has 0 unspecified atom stereocenters. The molecule has 15 heavy (non-hydrogen) atoms. The standard InChI is InChI=1S/C10H15N3O2/c1-10(2,3)13-5-8-7(9(14)15)4-11-6-12-8/h4,6,13H,5H2,1-3H3,(H,14,15). The van der Waals surface area contributed by atoms with Crippen LogP contribution in [-0.2, 0) is 6.54 Å². The summed E-state index contributed by atoms with van der Waals surface area (Å²) in [7, 11) is 0. The molecule has 0 spiro atoms. The van der Waals surface area contributed by atoms with E-state index in [1.165, 1.54) is 12.5 Å². The Balaban J connectivity index is 2.81. The Morgan fingerprint density at radius 1 is 1.53 bits per heavy atom. The number of aromatic carboxylic acids is 1. The van der Waals surface area contributed by atoms with Crippen LogP contribution >= 0.6 is 0 Å². The lowest BCUT2D eigenvalue weighted by Gasteiger charge is -2.20. The first kappa shape index (κ1) is 11.6. The highest BCUT2D eigenvalue weighted by molar-refractivity contribution is 5.88. The summed E-state index contributed by atoms with van der Waals surface area (Å²) in [5.41, 5.74) is 0.586.